The Balaban J connectivity index is 2.35. The molecule has 2 fully saturated rings. The number of nitrogens with one attached hydrogen (secondary N) is 3. The number of urea groups is 1. The second-order valence-corrected chi connectivity index (χ2v) is 15.2. The lowest BCUT2D eigenvalue weighted by Gasteiger charge is -2.38. The largest absolute Gasteiger partial charge is 0.363 e. The van der Waals surface area contributed by atoms with Gasteiger partial charge in [-0.3, -0.25) is 24.0 Å². The molecule has 0 aromatic rings. The van der Waals surface area contributed by atoms with Crippen molar-refractivity contribution in [1.29, 1.82) is 0 Å². The van der Waals surface area contributed by atoms with Crippen molar-refractivity contribution in [3.05, 3.63) is 12.7 Å². The molecule has 1 saturated heterocycles. The number of rotatable bonds is 13. The molecule has 45 heavy (non-hydrogen) atoms. The first-order valence-electron chi connectivity index (χ1n) is 16.1. The minimum Gasteiger partial charge on any atom is -0.363 e. The summed E-state index contributed by atoms with van der Waals surface area (Å²) in [6.45, 7) is 19.1. The van der Waals surface area contributed by atoms with Gasteiger partial charge in [-0.05, 0) is 41.4 Å². The Labute approximate surface area is 268 Å². The van der Waals surface area contributed by atoms with Crippen molar-refractivity contribution in [3.8, 4) is 0 Å². The first-order valence-corrected chi connectivity index (χ1v) is 16.1. The topological polar surface area (TPSA) is 171 Å². The SMILES string of the molecule is C=CCN(C)C(=O)[C@@H](NC(=O)N[C@H](C(=O)N1CC[C@H](C(C)C)[C@H]1C(=O)NC(CC1CCC1)C(=O)C(N)=O)C(C)(C)C)C(C)(C)C. The number of amides is 6. The van der Waals surface area contributed by atoms with Gasteiger partial charge in [0.25, 0.3) is 5.91 Å². The summed E-state index contributed by atoms with van der Waals surface area (Å²) in [4.78, 5) is 82.2. The number of hydrogen-bond donors (Lipinski definition) is 4. The Morgan fingerprint density at radius 2 is 1.49 bits per heavy atom. The molecule has 12 nitrogen and oxygen atoms in total. The first-order chi connectivity index (χ1) is 20.7. The Hall–Kier alpha value is -3.44. The Morgan fingerprint density at radius 3 is 1.93 bits per heavy atom. The number of ketones is 1. The summed E-state index contributed by atoms with van der Waals surface area (Å²) in [5.41, 5.74) is 3.92. The zero-order valence-corrected chi connectivity index (χ0v) is 28.7. The molecular weight excluding hydrogens is 576 g/mol. The van der Waals surface area contributed by atoms with Crippen molar-refractivity contribution >= 4 is 35.4 Å². The van der Waals surface area contributed by atoms with Crippen LogP contribution in [0.25, 0.3) is 0 Å². The maximum Gasteiger partial charge on any atom is 0.316 e. The van der Waals surface area contributed by atoms with E-state index in [0.29, 0.717) is 19.4 Å². The summed E-state index contributed by atoms with van der Waals surface area (Å²) < 4.78 is 0. The molecule has 6 amide bonds. The van der Waals surface area contributed by atoms with Crippen molar-refractivity contribution in [1.82, 2.24) is 25.8 Å². The molecule has 0 aromatic heterocycles. The summed E-state index contributed by atoms with van der Waals surface area (Å²) in [6, 6.07) is -4.58. The highest BCUT2D eigenvalue weighted by Gasteiger charge is 2.48. The lowest BCUT2D eigenvalue weighted by atomic mass is 9.80. The number of hydrogen-bond acceptors (Lipinski definition) is 6. The molecular formula is C33H56N6O6. The summed E-state index contributed by atoms with van der Waals surface area (Å²) in [5.74, 6) is -3.17. The van der Waals surface area contributed by atoms with E-state index in [4.69, 9.17) is 5.73 Å². The van der Waals surface area contributed by atoms with Crippen LogP contribution in [0.2, 0.25) is 0 Å². The van der Waals surface area contributed by atoms with Gasteiger partial charge in [0.15, 0.2) is 0 Å². The molecule has 1 unspecified atom stereocenters. The van der Waals surface area contributed by atoms with Gasteiger partial charge in [-0.2, -0.15) is 0 Å². The number of likely N-dealkylation sites (N-methyl/N-ethyl adjacent to an activating group) is 1. The van der Waals surface area contributed by atoms with Gasteiger partial charge in [0, 0.05) is 20.1 Å². The standard InChI is InChI=1S/C33H56N6O6/c1-11-16-38(10)29(43)25(32(4,5)6)36-31(45)37-26(33(7,8)9)30(44)39-17-15-21(19(2)3)23(39)28(42)35-22(24(40)27(34)41)18-20-13-12-14-20/h11,19-23,25-26H,1,12-18H2,2-10H3,(H2,34,41)(H,35,42)(H2,36,37,45)/t21-,22?,23+,25-,26-/m1/s1. The monoisotopic (exact) mass is 632 g/mol. The van der Waals surface area contributed by atoms with Crippen LogP contribution in [-0.2, 0) is 24.0 Å². The van der Waals surface area contributed by atoms with E-state index in [2.05, 4.69) is 22.5 Å². The molecule has 0 radical (unpaired) electrons. The lowest BCUT2D eigenvalue weighted by Crippen LogP contribution is -2.63. The van der Waals surface area contributed by atoms with E-state index in [1.165, 1.54) is 9.80 Å². The van der Waals surface area contributed by atoms with E-state index in [1.807, 2.05) is 55.4 Å². The number of carbonyl (C=O) groups is 6. The molecule has 2 aliphatic rings. The van der Waals surface area contributed by atoms with Gasteiger partial charge in [0.1, 0.15) is 18.1 Å². The highest BCUT2D eigenvalue weighted by molar-refractivity contribution is 6.37. The smallest absolute Gasteiger partial charge is 0.316 e. The minimum atomic E-state index is -1.11. The predicted octanol–water partition coefficient (Wildman–Crippen LogP) is 2.36. The van der Waals surface area contributed by atoms with Crippen LogP contribution in [0, 0.1) is 28.6 Å². The molecule has 2 rings (SSSR count). The van der Waals surface area contributed by atoms with Crippen molar-refractivity contribution in [3.63, 3.8) is 0 Å². The van der Waals surface area contributed by atoms with Crippen LogP contribution in [0.4, 0.5) is 4.79 Å². The maximum atomic E-state index is 14.3. The normalized spacial score (nSPS) is 20.8. The summed E-state index contributed by atoms with van der Waals surface area (Å²) in [6.07, 6.45) is 5.32. The van der Waals surface area contributed by atoms with Crippen molar-refractivity contribution in [2.45, 2.75) is 112 Å². The van der Waals surface area contributed by atoms with E-state index >= 15 is 0 Å². The van der Waals surface area contributed by atoms with Gasteiger partial charge < -0.3 is 31.5 Å². The molecule has 254 valence electrons. The summed E-state index contributed by atoms with van der Waals surface area (Å²) in [5, 5.41) is 8.35. The zero-order chi connectivity index (χ0) is 34.4. The van der Waals surface area contributed by atoms with Crippen LogP contribution in [0.15, 0.2) is 12.7 Å². The van der Waals surface area contributed by atoms with Crippen molar-refractivity contribution in [2.24, 2.45) is 34.3 Å². The van der Waals surface area contributed by atoms with Gasteiger partial charge in [0.05, 0.1) is 6.04 Å². The number of Topliss-reactive ketones (excluding diaryl/α,β-unsaturated/α-hetero) is 1. The van der Waals surface area contributed by atoms with E-state index in [9.17, 15) is 28.8 Å². The van der Waals surface area contributed by atoms with E-state index < -0.39 is 64.5 Å². The van der Waals surface area contributed by atoms with Crippen LogP contribution in [0.5, 0.6) is 0 Å². The quantitative estimate of drug-likeness (QED) is 0.179. The van der Waals surface area contributed by atoms with Crippen LogP contribution < -0.4 is 21.7 Å². The van der Waals surface area contributed by atoms with Crippen molar-refractivity contribution in [2.75, 3.05) is 20.1 Å². The Morgan fingerprint density at radius 1 is 0.933 bits per heavy atom. The molecule has 1 aliphatic heterocycles. The molecule has 1 heterocycles. The van der Waals surface area contributed by atoms with Gasteiger partial charge >= 0.3 is 6.03 Å². The van der Waals surface area contributed by atoms with Crippen molar-refractivity contribution < 1.29 is 28.8 Å². The number of likely N-dealkylation sites (tertiary alicyclic amines) is 1. The molecule has 0 bridgehead atoms. The highest BCUT2D eigenvalue weighted by Crippen LogP contribution is 2.34. The third-order valence-corrected chi connectivity index (χ3v) is 9.08. The maximum absolute atomic E-state index is 14.3. The third-order valence-electron chi connectivity index (χ3n) is 9.08. The van der Waals surface area contributed by atoms with Crippen LogP contribution in [0.3, 0.4) is 0 Å². The molecule has 12 heteroatoms. The van der Waals surface area contributed by atoms with Crippen LogP contribution >= 0.6 is 0 Å². The van der Waals surface area contributed by atoms with Crippen LogP contribution in [0.1, 0.15) is 87.5 Å². The predicted molar refractivity (Wildman–Crippen MR) is 173 cm³/mol. The Bertz CT molecular complexity index is 1140. The molecule has 0 spiro atoms. The Kier molecular flexibility index (Phi) is 12.8. The average Bonchev–Trinajstić information content (AvgIpc) is 3.35. The van der Waals surface area contributed by atoms with Gasteiger partial charge in [0.2, 0.25) is 23.5 Å². The average molecular weight is 633 g/mol. The molecule has 0 aromatic carbocycles. The fraction of sp³-hybridized carbons (Fsp3) is 0.758. The second kappa shape index (κ2) is 15.2. The number of carbonyl (C=O) groups excluding carboxylic acids is 6. The second-order valence-electron chi connectivity index (χ2n) is 15.2. The minimum absolute atomic E-state index is 0.0333. The fourth-order valence-electron chi connectivity index (χ4n) is 6.09. The van der Waals surface area contributed by atoms with Gasteiger partial charge in [-0.25, -0.2) is 4.79 Å². The van der Waals surface area contributed by atoms with Crippen LogP contribution in [-0.4, -0.2) is 89.5 Å². The highest BCUT2D eigenvalue weighted by atomic mass is 16.2. The van der Waals surface area contributed by atoms with E-state index in [-0.39, 0.29) is 30.2 Å². The third kappa shape index (κ3) is 9.77. The zero-order valence-electron chi connectivity index (χ0n) is 28.7. The fourth-order valence-corrected chi connectivity index (χ4v) is 6.09. The lowest BCUT2D eigenvalue weighted by molar-refractivity contribution is -0.144. The molecule has 5 N–H and O–H groups in total. The summed E-state index contributed by atoms with van der Waals surface area (Å²) >= 11 is 0. The molecule has 1 aliphatic carbocycles. The van der Waals surface area contributed by atoms with E-state index in [1.54, 1.807) is 13.1 Å². The van der Waals surface area contributed by atoms with Gasteiger partial charge in [-0.15, -0.1) is 6.58 Å². The molecule has 5 atom stereocenters. The number of primary amides is 1. The number of nitrogens with zero attached hydrogens (tertiary/aromatic N) is 2. The van der Waals surface area contributed by atoms with Gasteiger partial charge in [-0.1, -0.05) is 80.7 Å². The van der Waals surface area contributed by atoms with E-state index in [0.717, 1.165) is 19.3 Å². The molecule has 1 saturated carbocycles. The summed E-state index contributed by atoms with van der Waals surface area (Å²) in [7, 11) is 1.63. The number of nitrogens with two attached hydrogens (primary N) is 1. The first kappa shape index (κ1) is 37.7.